The monoisotopic (exact) mass is 466 g/mol. The zero-order chi connectivity index (χ0) is 23.3. The number of benzene rings is 3. The van der Waals surface area contributed by atoms with Crippen LogP contribution in [0.15, 0.2) is 102 Å². The predicted molar refractivity (Wildman–Crippen MR) is 132 cm³/mol. The summed E-state index contributed by atoms with van der Waals surface area (Å²) in [5, 5.41) is 10.4. The molecule has 0 aliphatic rings. The van der Waals surface area contributed by atoms with Gasteiger partial charge in [0.2, 0.25) is 0 Å². The smallest absolute Gasteiger partial charge is 0.279 e. The maximum absolute atomic E-state index is 12.8. The van der Waals surface area contributed by atoms with E-state index in [0.29, 0.717) is 27.2 Å². The Labute approximate surface area is 199 Å². The Kier molecular flexibility index (Phi) is 5.96. The highest BCUT2D eigenvalue weighted by Gasteiger charge is 2.20. The molecule has 0 spiro atoms. The minimum absolute atomic E-state index is 0.130. The van der Waals surface area contributed by atoms with Gasteiger partial charge in [-0.1, -0.05) is 95.4 Å². The molecule has 0 atom stereocenters. The number of rotatable bonds is 6. The van der Waals surface area contributed by atoms with Gasteiger partial charge in [-0.25, -0.2) is 4.98 Å². The van der Waals surface area contributed by atoms with Gasteiger partial charge in [-0.3, -0.25) is 14.9 Å². The number of hydrogen-bond donors (Lipinski definition) is 2. The largest absolute Gasteiger partial charge is 0.355 e. The number of nitrogens with zero attached hydrogens (tertiary/aromatic N) is 2. The fraction of sp³-hybridized carbons (Fsp3) is 0. The van der Waals surface area contributed by atoms with Crippen LogP contribution in [0.5, 0.6) is 0 Å². The van der Waals surface area contributed by atoms with E-state index >= 15 is 0 Å². The van der Waals surface area contributed by atoms with E-state index < -0.39 is 5.91 Å². The van der Waals surface area contributed by atoms with E-state index in [-0.39, 0.29) is 11.6 Å². The Balaban J connectivity index is 1.40. The summed E-state index contributed by atoms with van der Waals surface area (Å²) in [4.78, 5) is 30.1. The number of carbonyl (C=O) groups excluding carboxylic acids is 2. The van der Waals surface area contributed by atoms with E-state index in [0.717, 1.165) is 11.1 Å². The molecule has 3 aromatic carbocycles. The van der Waals surface area contributed by atoms with Crippen molar-refractivity contribution < 1.29 is 14.1 Å². The predicted octanol–water partition coefficient (Wildman–Crippen LogP) is 5.97. The van der Waals surface area contributed by atoms with Gasteiger partial charge in [-0.2, -0.15) is 0 Å². The molecule has 2 heterocycles. The second-order valence-electron chi connectivity index (χ2n) is 7.28. The molecule has 0 saturated carbocycles. The highest BCUT2D eigenvalue weighted by atomic mass is 32.1. The summed E-state index contributed by atoms with van der Waals surface area (Å²) in [5.74, 6) is -0.228. The van der Waals surface area contributed by atoms with E-state index in [9.17, 15) is 9.59 Å². The van der Waals surface area contributed by atoms with E-state index in [1.807, 2.05) is 66.7 Å². The van der Waals surface area contributed by atoms with Crippen molar-refractivity contribution in [3.05, 3.63) is 108 Å². The van der Waals surface area contributed by atoms with Crippen molar-refractivity contribution >= 4 is 33.3 Å². The number of amides is 2. The van der Waals surface area contributed by atoms with Crippen LogP contribution in [0.4, 0.5) is 10.1 Å². The van der Waals surface area contributed by atoms with Crippen LogP contribution in [0.3, 0.4) is 0 Å². The van der Waals surface area contributed by atoms with Crippen LogP contribution in [0.25, 0.3) is 22.6 Å². The van der Waals surface area contributed by atoms with Crippen LogP contribution in [0, 0.1) is 0 Å². The van der Waals surface area contributed by atoms with E-state index in [4.69, 9.17) is 4.52 Å². The molecule has 0 saturated heterocycles. The lowest BCUT2D eigenvalue weighted by Crippen LogP contribution is -2.11. The summed E-state index contributed by atoms with van der Waals surface area (Å²) < 4.78 is 5.32. The first kappa shape index (κ1) is 21.3. The summed E-state index contributed by atoms with van der Waals surface area (Å²) >= 11 is 1.17. The molecule has 0 fully saturated rings. The van der Waals surface area contributed by atoms with Crippen molar-refractivity contribution in [1.29, 1.82) is 0 Å². The lowest BCUT2D eigenvalue weighted by molar-refractivity contribution is 0.101. The van der Waals surface area contributed by atoms with Gasteiger partial charge in [0, 0.05) is 22.8 Å². The molecule has 2 aromatic heterocycles. The maximum Gasteiger partial charge on any atom is 0.279 e. The number of anilines is 2. The van der Waals surface area contributed by atoms with E-state index in [2.05, 4.69) is 20.8 Å². The Morgan fingerprint density at radius 2 is 1.35 bits per heavy atom. The standard InChI is InChI=1S/C26H18N4O3S/c31-23(19-14-8-3-9-15-19)28-25-22(18-12-6-2-7-13-18)27-26(34-25)29-24(32)20-16-21(33-30-20)17-10-4-1-5-11-17/h1-16H,(H,28,31)(H,27,29,32). The van der Waals surface area contributed by atoms with Crippen LogP contribution in [0.1, 0.15) is 20.8 Å². The van der Waals surface area contributed by atoms with E-state index in [1.54, 1.807) is 30.3 Å². The molecule has 5 rings (SSSR count). The summed E-state index contributed by atoms with van der Waals surface area (Å²) in [6.45, 7) is 0. The van der Waals surface area contributed by atoms with Gasteiger partial charge in [-0.15, -0.1) is 0 Å². The van der Waals surface area contributed by atoms with Crippen LogP contribution in [-0.4, -0.2) is 22.0 Å². The van der Waals surface area contributed by atoms with Crippen molar-refractivity contribution in [2.45, 2.75) is 0 Å². The van der Waals surface area contributed by atoms with Crippen LogP contribution < -0.4 is 10.6 Å². The Hall–Kier alpha value is -4.56. The summed E-state index contributed by atoms with van der Waals surface area (Å²) in [7, 11) is 0. The topological polar surface area (TPSA) is 97.1 Å². The Morgan fingerprint density at radius 3 is 2.03 bits per heavy atom. The van der Waals surface area contributed by atoms with Crippen molar-refractivity contribution in [3.63, 3.8) is 0 Å². The summed E-state index contributed by atoms with van der Waals surface area (Å²) in [6.07, 6.45) is 0. The molecule has 5 aromatic rings. The van der Waals surface area contributed by atoms with Gasteiger partial charge in [-0.05, 0) is 12.1 Å². The fourth-order valence-corrected chi connectivity index (χ4v) is 4.17. The van der Waals surface area contributed by atoms with Crippen molar-refractivity contribution in [1.82, 2.24) is 10.1 Å². The van der Waals surface area contributed by atoms with Gasteiger partial charge < -0.3 is 9.84 Å². The number of carbonyl (C=O) groups is 2. The first-order valence-corrected chi connectivity index (χ1v) is 11.2. The zero-order valence-electron chi connectivity index (χ0n) is 17.8. The average Bonchev–Trinajstić information content (AvgIpc) is 3.53. The first-order chi connectivity index (χ1) is 16.7. The van der Waals surface area contributed by atoms with Crippen LogP contribution in [0.2, 0.25) is 0 Å². The van der Waals surface area contributed by atoms with Crippen molar-refractivity contribution in [3.8, 4) is 22.6 Å². The average molecular weight is 467 g/mol. The molecule has 8 heteroatoms. The second kappa shape index (κ2) is 9.51. The third-order valence-electron chi connectivity index (χ3n) is 4.96. The van der Waals surface area contributed by atoms with Crippen LogP contribution in [-0.2, 0) is 0 Å². The molecule has 0 bridgehead atoms. The third-order valence-corrected chi connectivity index (χ3v) is 5.85. The van der Waals surface area contributed by atoms with Gasteiger partial charge >= 0.3 is 0 Å². The summed E-state index contributed by atoms with van der Waals surface area (Å²) in [6, 6.07) is 29.3. The molecule has 2 N–H and O–H groups in total. The third kappa shape index (κ3) is 4.62. The Bertz CT molecular complexity index is 1430. The van der Waals surface area contributed by atoms with Crippen LogP contribution >= 0.6 is 11.3 Å². The van der Waals surface area contributed by atoms with Crippen molar-refractivity contribution in [2.24, 2.45) is 0 Å². The minimum atomic E-state index is -0.458. The molecule has 2 amide bonds. The summed E-state index contributed by atoms with van der Waals surface area (Å²) in [5.41, 5.74) is 2.85. The lowest BCUT2D eigenvalue weighted by atomic mass is 10.1. The van der Waals surface area contributed by atoms with Gasteiger partial charge in [0.25, 0.3) is 11.8 Å². The molecule has 34 heavy (non-hydrogen) atoms. The first-order valence-electron chi connectivity index (χ1n) is 10.4. The molecule has 0 radical (unpaired) electrons. The number of nitrogens with one attached hydrogen (secondary N) is 2. The van der Waals surface area contributed by atoms with Gasteiger partial charge in [0.05, 0.1) is 0 Å². The highest BCUT2D eigenvalue weighted by Crippen LogP contribution is 2.36. The van der Waals surface area contributed by atoms with Crippen molar-refractivity contribution in [2.75, 3.05) is 10.6 Å². The van der Waals surface area contributed by atoms with E-state index in [1.165, 1.54) is 11.3 Å². The molecule has 0 aliphatic carbocycles. The maximum atomic E-state index is 12.8. The lowest BCUT2D eigenvalue weighted by Gasteiger charge is -2.05. The number of aromatic nitrogens is 2. The normalized spacial score (nSPS) is 10.6. The minimum Gasteiger partial charge on any atom is -0.355 e. The van der Waals surface area contributed by atoms with Gasteiger partial charge in [0.1, 0.15) is 10.7 Å². The molecule has 7 nitrogen and oxygen atoms in total. The molecule has 166 valence electrons. The number of thiazole rings is 1. The zero-order valence-corrected chi connectivity index (χ0v) is 18.6. The highest BCUT2D eigenvalue weighted by molar-refractivity contribution is 7.20. The number of hydrogen-bond acceptors (Lipinski definition) is 6. The quantitative estimate of drug-likeness (QED) is 0.321. The van der Waals surface area contributed by atoms with Gasteiger partial charge in [0.15, 0.2) is 16.6 Å². The Morgan fingerprint density at radius 1 is 0.735 bits per heavy atom. The SMILES string of the molecule is O=C(Nc1sc(NC(=O)c2cc(-c3ccccc3)on2)nc1-c1ccccc1)c1ccccc1. The fourth-order valence-electron chi connectivity index (χ4n) is 3.30. The molecule has 0 aliphatic heterocycles. The molecular formula is C26H18N4O3S. The second-order valence-corrected chi connectivity index (χ2v) is 8.28. The molecule has 0 unspecified atom stereocenters. The molecular weight excluding hydrogens is 448 g/mol.